The summed E-state index contributed by atoms with van der Waals surface area (Å²) < 4.78 is 0. The molecular weight excluding hydrogens is 254 g/mol. The third kappa shape index (κ3) is 2.13. The summed E-state index contributed by atoms with van der Waals surface area (Å²) >= 11 is 0. The number of para-hydroxylation sites is 1. The van der Waals surface area contributed by atoms with E-state index in [0.717, 1.165) is 11.4 Å². The van der Waals surface area contributed by atoms with Crippen LogP contribution >= 0.6 is 0 Å². The molecule has 0 atom stereocenters. The number of benzene rings is 2. The molecule has 1 N–H and O–H groups in total. The van der Waals surface area contributed by atoms with Crippen LogP contribution in [0, 0.1) is 0 Å². The zero-order valence-corrected chi connectivity index (χ0v) is 11.6. The average Bonchev–Trinajstić information content (AvgIpc) is 3.09. The maximum Gasteiger partial charge on any atom is 0.0464 e. The summed E-state index contributed by atoms with van der Waals surface area (Å²) in [6.07, 6.45) is 10.7. The molecule has 1 heteroatoms. The number of rotatable bonds is 1. The lowest BCUT2D eigenvalue weighted by Gasteiger charge is -2.22. The maximum atomic E-state index is 3.55. The average molecular weight is 269 g/mol. The largest absolute Gasteiger partial charge is 0.355 e. The number of allylic oxidation sites excluding steroid dienone is 7. The van der Waals surface area contributed by atoms with Crippen molar-refractivity contribution in [3.8, 4) is 0 Å². The van der Waals surface area contributed by atoms with Crippen molar-refractivity contribution < 1.29 is 0 Å². The number of hydrogen-bond acceptors (Lipinski definition) is 1. The fourth-order valence-corrected chi connectivity index (χ4v) is 2.80. The molecule has 0 bridgehead atoms. The van der Waals surface area contributed by atoms with Gasteiger partial charge in [-0.15, -0.1) is 0 Å². The fourth-order valence-electron chi connectivity index (χ4n) is 2.80. The number of fused-ring (bicyclic) bond motifs is 1. The molecule has 1 nitrogen and oxygen atoms in total. The third-order valence-corrected chi connectivity index (χ3v) is 3.83. The van der Waals surface area contributed by atoms with Gasteiger partial charge in [0.1, 0.15) is 0 Å². The van der Waals surface area contributed by atoms with E-state index in [1.165, 1.54) is 22.3 Å². The van der Waals surface area contributed by atoms with Crippen LogP contribution in [0.5, 0.6) is 0 Å². The SMILES string of the molecule is C1=CC(=C2C=C(c3ccccc3)Nc3ccccc32)C=C1. The van der Waals surface area contributed by atoms with Crippen LogP contribution < -0.4 is 5.32 Å². The van der Waals surface area contributed by atoms with Gasteiger partial charge in [0.05, 0.1) is 0 Å². The van der Waals surface area contributed by atoms with Gasteiger partial charge in [-0.1, -0.05) is 72.8 Å². The smallest absolute Gasteiger partial charge is 0.0464 e. The van der Waals surface area contributed by atoms with Crippen molar-refractivity contribution >= 4 is 17.0 Å². The molecule has 21 heavy (non-hydrogen) atoms. The lowest BCUT2D eigenvalue weighted by molar-refractivity contribution is 1.47. The highest BCUT2D eigenvalue weighted by molar-refractivity contribution is 5.99. The van der Waals surface area contributed by atoms with Crippen molar-refractivity contribution in [3.63, 3.8) is 0 Å². The molecule has 1 heterocycles. The Morgan fingerprint density at radius 3 is 2.24 bits per heavy atom. The molecule has 1 aliphatic heterocycles. The van der Waals surface area contributed by atoms with E-state index in [0.29, 0.717) is 0 Å². The van der Waals surface area contributed by atoms with Crippen LogP contribution in [-0.2, 0) is 0 Å². The minimum absolute atomic E-state index is 1.14. The molecule has 0 aromatic heterocycles. The molecule has 2 aromatic rings. The van der Waals surface area contributed by atoms with E-state index in [2.05, 4.69) is 84.2 Å². The van der Waals surface area contributed by atoms with Gasteiger partial charge in [-0.25, -0.2) is 0 Å². The van der Waals surface area contributed by atoms with Crippen molar-refractivity contribution in [2.75, 3.05) is 5.32 Å². The normalized spacial score (nSPS) is 15.7. The predicted octanol–water partition coefficient (Wildman–Crippen LogP) is 5.03. The summed E-state index contributed by atoms with van der Waals surface area (Å²) in [7, 11) is 0. The Hall–Kier alpha value is -2.80. The van der Waals surface area contributed by atoms with E-state index >= 15 is 0 Å². The summed E-state index contributed by atoms with van der Waals surface area (Å²) in [6.45, 7) is 0. The Morgan fingerprint density at radius 1 is 0.714 bits per heavy atom. The van der Waals surface area contributed by atoms with Crippen LogP contribution in [0.1, 0.15) is 11.1 Å². The number of nitrogens with one attached hydrogen (secondary N) is 1. The molecule has 4 rings (SSSR count). The van der Waals surface area contributed by atoms with Crippen molar-refractivity contribution in [2.24, 2.45) is 0 Å². The van der Waals surface area contributed by atoms with Gasteiger partial charge in [0.15, 0.2) is 0 Å². The van der Waals surface area contributed by atoms with Gasteiger partial charge in [-0.05, 0) is 28.9 Å². The topological polar surface area (TPSA) is 12.0 Å². The highest BCUT2D eigenvalue weighted by Crippen LogP contribution is 2.37. The molecule has 0 radical (unpaired) electrons. The van der Waals surface area contributed by atoms with E-state index in [4.69, 9.17) is 0 Å². The van der Waals surface area contributed by atoms with Crippen molar-refractivity contribution in [1.29, 1.82) is 0 Å². The standard InChI is InChI=1S/C20H15N/c1-2-10-16(11-3-1)20-14-18(15-8-4-5-9-15)17-12-6-7-13-19(17)21-20/h1-14,21H. The van der Waals surface area contributed by atoms with E-state index in [1.54, 1.807) is 0 Å². The van der Waals surface area contributed by atoms with Crippen molar-refractivity contribution in [2.45, 2.75) is 0 Å². The van der Waals surface area contributed by atoms with E-state index in [9.17, 15) is 0 Å². The Kier molecular flexibility index (Phi) is 2.82. The first-order chi connectivity index (χ1) is 10.4. The summed E-state index contributed by atoms with van der Waals surface area (Å²) in [5.74, 6) is 0. The Morgan fingerprint density at radius 2 is 1.43 bits per heavy atom. The van der Waals surface area contributed by atoms with Crippen LogP contribution in [0.25, 0.3) is 11.3 Å². The molecule has 1 aliphatic carbocycles. The summed E-state index contributed by atoms with van der Waals surface area (Å²) in [6, 6.07) is 18.9. The molecular formula is C20H15N. The quantitative estimate of drug-likeness (QED) is 0.765. The molecule has 2 aliphatic rings. The molecule has 2 aromatic carbocycles. The lowest BCUT2D eigenvalue weighted by atomic mass is 9.93. The van der Waals surface area contributed by atoms with Gasteiger partial charge < -0.3 is 5.32 Å². The van der Waals surface area contributed by atoms with Crippen molar-refractivity contribution in [3.05, 3.63) is 102 Å². The fraction of sp³-hybridized carbons (Fsp3) is 0. The lowest BCUT2D eigenvalue weighted by Crippen LogP contribution is -2.07. The predicted molar refractivity (Wildman–Crippen MR) is 89.7 cm³/mol. The Bertz CT molecular complexity index is 791. The molecule has 0 unspecified atom stereocenters. The second-order valence-electron chi connectivity index (χ2n) is 5.18. The van der Waals surface area contributed by atoms with Crippen LogP contribution in [0.3, 0.4) is 0 Å². The first-order valence-corrected chi connectivity index (χ1v) is 7.14. The summed E-state index contributed by atoms with van der Waals surface area (Å²) in [4.78, 5) is 0. The van der Waals surface area contributed by atoms with E-state index in [-0.39, 0.29) is 0 Å². The molecule has 100 valence electrons. The second-order valence-corrected chi connectivity index (χ2v) is 5.18. The maximum absolute atomic E-state index is 3.55. The minimum Gasteiger partial charge on any atom is -0.355 e. The Labute approximate surface area is 124 Å². The molecule has 0 amide bonds. The highest BCUT2D eigenvalue weighted by atomic mass is 14.9. The first-order valence-electron chi connectivity index (χ1n) is 7.14. The van der Waals surface area contributed by atoms with Gasteiger partial charge >= 0.3 is 0 Å². The van der Waals surface area contributed by atoms with E-state index in [1.807, 2.05) is 6.07 Å². The molecule has 0 saturated heterocycles. The van der Waals surface area contributed by atoms with Crippen molar-refractivity contribution in [1.82, 2.24) is 0 Å². The van der Waals surface area contributed by atoms with E-state index < -0.39 is 0 Å². The van der Waals surface area contributed by atoms with Gasteiger partial charge in [0, 0.05) is 16.9 Å². The van der Waals surface area contributed by atoms with Gasteiger partial charge in [0.25, 0.3) is 0 Å². The monoisotopic (exact) mass is 269 g/mol. The second kappa shape index (κ2) is 4.95. The zero-order chi connectivity index (χ0) is 14.1. The number of anilines is 1. The third-order valence-electron chi connectivity index (χ3n) is 3.83. The summed E-state index contributed by atoms with van der Waals surface area (Å²) in [5.41, 5.74) is 7.30. The first kappa shape index (κ1) is 12.0. The number of hydrogen-bond donors (Lipinski definition) is 1. The van der Waals surface area contributed by atoms with Crippen LogP contribution in [0.4, 0.5) is 5.69 Å². The van der Waals surface area contributed by atoms with Gasteiger partial charge in [0.2, 0.25) is 0 Å². The molecule has 0 saturated carbocycles. The minimum atomic E-state index is 1.14. The molecule has 0 fully saturated rings. The van der Waals surface area contributed by atoms with Crippen LogP contribution in [0.2, 0.25) is 0 Å². The summed E-state index contributed by atoms with van der Waals surface area (Å²) in [5, 5.41) is 3.55. The Balaban J connectivity index is 1.92. The van der Waals surface area contributed by atoms with Crippen LogP contribution in [0.15, 0.2) is 90.6 Å². The van der Waals surface area contributed by atoms with Gasteiger partial charge in [-0.3, -0.25) is 0 Å². The molecule has 0 spiro atoms. The van der Waals surface area contributed by atoms with Crippen LogP contribution in [-0.4, -0.2) is 0 Å². The highest BCUT2D eigenvalue weighted by Gasteiger charge is 2.17. The van der Waals surface area contributed by atoms with Gasteiger partial charge in [-0.2, -0.15) is 0 Å². The zero-order valence-electron chi connectivity index (χ0n) is 11.6.